The number of nitrogens with one attached hydrogen (secondary N) is 1. The zero-order valence-electron chi connectivity index (χ0n) is 7.19. The number of hydrogen-bond donors (Lipinski definition) is 2. The predicted molar refractivity (Wildman–Crippen MR) is 50.7 cm³/mol. The molecule has 0 saturated heterocycles. The standard InChI is InChI=1S/C8H9BN2O2/c1-13-9(12)7-3-2-6-5-10-11-8(6)4-7/h2-5,12H,1H3,(H,10,11). The van der Waals surface area contributed by atoms with Crippen LogP contribution in [-0.2, 0) is 4.65 Å². The van der Waals surface area contributed by atoms with Crippen LogP contribution in [0, 0.1) is 0 Å². The first-order valence-electron chi connectivity index (χ1n) is 3.95. The van der Waals surface area contributed by atoms with Crippen molar-refractivity contribution < 1.29 is 9.68 Å². The normalized spacial score (nSPS) is 10.6. The third kappa shape index (κ3) is 1.43. The smallest absolute Gasteiger partial charge is 0.423 e. The molecule has 2 N–H and O–H groups in total. The van der Waals surface area contributed by atoms with Crippen molar-refractivity contribution in [2.75, 3.05) is 7.11 Å². The molecule has 4 nitrogen and oxygen atoms in total. The maximum Gasteiger partial charge on any atom is 0.491 e. The minimum absolute atomic E-state index is 0.722. The second-order valence-electron chi connectivity index (χ2n) is 2.80. The molecule has 0 saturated carbocycles. The SMILES string of the molecule is COB(O)c1ccc2cn[nH]c2c1. The molecule has 0 atom stereocenters. The highest BCUT2D eigenvalue weighted by Gasteiger charge is 2.14. The Kier molecular flexibility index (Phi) is 2.04. The minimum Gasteiger partial charge on any atom is -0.423 e. The molecule has 2 aromatic rings. The topological polar surface area (TPSA) is 58.1 Å². The average Bonchev–Trinajstić information content (AvgIpc) is 2.63. The van der Waals surface area contributed by atoms with Gasteiger partial charge in [0.25, 0.3) is 0 Å². The van der Waals surface area contributed by atoms with E-state index in [0.29, 0.717) is 0 Å². The van der Waals surface area contributed by atoms with Crippen molar-refractivity contribution in [1.29, 1.82) is 0 Å². The molecule has 1 aromatic carbocycles. The molecule has 0 amide bonds. The Labute approximate surface area is 75.7 Å². The van der Waals surface area contributed by atoms with Crippen molar-refractivity contribution >= 4 is 23.5 Å². The molecule has 0 aliphatic carbocycles. The van der Waals surface area contributed by atoms with Crippen LogP contribution in [0.3, 0.4) is 0 Å². The molecule has 0 radical (unpaired) electrons. The number of rotatable bonds is 2. The van der Waals surface area contributed by atoms with Gasteiger partial charge in [0, 0.05) is 12.5 Å². The van der Waals surface area contributed by atoms with E-state index in [0.717, 1.165) is 16.4 Å². The summed E-state index contributed by atoms with van der Waals surface area (Å²) >= 11 is 0. The van der Waals surface area contributed by atoms with E-state index >= 15 is 0 Å². The van der Waals surface area contributed by atoms with Crippen LogP contribution >= 0.6 is 0 Å². The van der Waals surface area contributed by atoms with E-state index in [9.17, 15) is 5.02 Å². The monoisotopic (exact) mass is 176 g/mol. The van der Waals surface area contributed by atoms with Gasteiger partial charge in [0.15, 0.2) is 0 Å². The summed E-state index contributed by atoms with van der Waals surface area (Å²) in [5.41, 5.74) is 1.62. The molecule has 5 heteroatoms. The Balaban J connectivity index is 2.48. The Morgan fingerprint density at radius 3 is 3.15 bits per heavy atom. The summed E-state index contributed by atoms with van der Waals surface area (Å²) in [4.78, 5) is 0. The molecule has 66 valence electrons. The number of H-pyrrole nitrogens is 1. The second kappa shape index (κ2) is 3.20. The zero-order valence-corrected chi connectivity index (χ0v) is 7.19. The van der Waals surface area contributed by atoms with Crippen LogP contribution in [0.2, 0.25) is 0 Å². The lowest BCUT2D eigenvalue weighted by Gasteiger charge is -2.02. The van der Waals surface area contributed by atoms with Gasteiger partial charge in [0.2, 0.25) is 0 Å². The average molecular weight is 176 g/mol. The number of benzene rings is 1. The van der Waals surface area contributed by atoms with Crippen molar-refractivity contribution in [2.24, 2.45) is 0 Å². The van der Waals surface area contributed by atoms with E-state index in [2.05, 4.69) is 10.2 Å². The van der Waals surface area contributed by atoms with Crippen molar-refractivity contribution in [3.05, 3.63) is 24.4 Å². The first kappa shape index (κ1) is 8.28. The van der Waals surface area contributed by atoms with Gasteiger partial charge in [-0.25, -0.2) is 0 Å². The molecule has 0 spiro atoms. The fraction of sp³-hybridized carbons (Fsp3) is 0.125. The number of aromatic nitrogens is 2. The lowest BCUT2D eigenvalue weighted by Crippen LogP contribution is -2.32. The predicted octanol–water partition coefficient (Wildman–Crippen LogP) is -0.103. The fourth-order valence-corrected chi connectivity index (χ4v) is 1.24. The summed E-state index contributed by atoms with van der Waals surface area (Å²) in [5, 5.41) is 17.1. The van der Waals surface area contributed by atoms with E-state index < -0.39 is 7.12 Å². The van der Waals surface area contributed by atoms with Gasteiger partial charge >= 0.3 is 7.12 Å². The van der Waals surface area contributed by atoms with E-state index in [1.54, 1.807) is 6.20 Å². The summed E-state index contributed by atoms with van der Waals surface area (Å²) in [6.07, 6.45) is 1.73. The Bertz CT molecular complexity index is 415. The molecule has 0 fully saturated rings. The third-order valence-electron chi connectivity index (χ3n) is 1.97. The Morgan fingerprint density at radius 1 is 1.54 bits per heavy atom. The molecule has 0 unspecified atom stereocenters. The van der Waals surface area contributed by atoms with Crippen LogP contribution in [0.25, 0.3) is 10.9 Å². The highest BCUT2D eigenvalue weighted by atomic mass is 16.5. The summed E-state index contributed by atoms with van der Waals surface area (Å²) in [7, 11) is 0.592. The number of nitrogens with zero attached hydrogens (tertiary/aromatic N) is 1. The first-order chi connectivity index (χ1) is 6.31. The summed E-state index contributed by atoms with van der Waals surface area (Å²) in [6, 6.07) is 5.51. The number of hydrogen-bond acceptors (Lipinski definition) is 3. The van der Waals surface area contributed by atoms with Gasteiger partial charge in [-0.15, -0.1) is 0 Å². The molecule has 13 heavy (non-hydrogen) atoms. The largest absolute Gasteiger partial charge is 0.491 e. The van der Waals surface area contributed by atoms with Crippen LogP contribution in [0.15, 0.2) is 24.4 Å². The van der Waals surface area contributed by atoms with E-state index in [4.69, 9.17) is 4.65 Å². The van der Waals surface area contributed by atoms with Crippen molar-refractivity contribution in [3.63, 3.8) is 0 Å². The van der Waals surface area contributed by atoms with E-state index in [1.165, 1.54) is 7.11 Å². The van der Waals surface area contributed by atoms with Gasteiger partial charge < -0.3 is 9.68 Å². The van der Waals surface area contributed by atoms with Gasteiger partial charge in [0.05, 0.1) is 11.7 Å². The zero-order chi connectivity index (χ0) is 9.26. The molecule has 0 bridgehead atoms. The van der Waals surface area contributed by atoms with Gasteiger partial charge in [0.1, 0.15) is 0 Å². The number of aromatic amines is 1. The van der Waals surface area contributed by atoms with Crippen molar-refractivity contribution in [1.82, 2.24) is 10.2 Å². The summed E-state index contributed by atoms with van der Waals surface area (Å²) in [6.45, 7) is 0. The van der Waals surface area contributed by atoms with Crippen molar-refractivity contribution in [2.45, 2.75) is 0 Å². The summed E-state index contributed by atoms with van der Waals surface area (Å²) < 4.78 is 4.78. The quantitative estimate of drug-likeness (QED) is 0.628. The van der Waals surface area contributed by atoms with Crippen LogP contribution in [0.4, 0.5) is 0 Å². The lowest BCUT2D eigenvalue weighted by atomic mass is 9.79. The molecule has 0 aliphatic heterocycles. The van der Waals surface area contributed by atoms with Gasteiger partial charge in [-0.2, -0.15) is 5.10 Å². The molecular weight excluding hydrogens is 167 g/mol. The maximum atomic E-state index is 9.37. The molecule has 2 rings (SSSR count). The minimum atomic E-state index is -0.868. The lowest BCUT2D eigenvalue weighted by molar-refractivity contribution is 0.341. The maximum absolute atomic E-state index is 9.37. The highest BCUT2D eigenvalue weighted by Crippen LogP contribution is 2.07. The van der Waals surface area contributed by atoms with Crippen LogP contribution in [0.5, 0.6) is 0 Å². The van der Waals surface area contributed by atoms with Crippen molar-refractivity contribution in [3.8, 4) is 0 Å². The fourth-order valence-electron chi connectivity index (χ4n) is 1.24. The summed E-state index contributed by atoms with van der Waals surface area (Å²) in [5.74, 6) is 0. The molecule has 1 aromatic heterocycles. The first-order valence-corrected chi connectivity index (χ1v) is 3.95. The molecular formula is C8H9BN2O2. The van der Waals surface area contributed by atoms with E-state index in [1.807, 2.05) is 18.2 Å². The van der Waals surface area contributed by atoms with Crippen LogP contribution < -0.4 is 5.46 Å². The Morgan fingerprint density at radius 2 is 2.38 bits per heavy atom. The van der Waals surface area contributed by atoms with Gasteiger partial charge in [-0.05, 0) is 11.5 Å². The Hall–Kier alpha value is -1.33. The van der Waals surface area contributed by atoms with Crippen LogP contribution in [-0.4, -0.2) is 29.4 Å². The van der Waals surface area contributed by atoms with Crippen LogP contribution in [0.1, 0.15) is 0 Å². The van der Waals surface area contributed by atoms with E-state index in [-0.39, 0.29) is 0 Å². The third-order valence-corrected chi connectivity index (χ3v) is 1.97. The van der Waals surface area contributed by atoms with Gasteiger partial charge in [-0.1, -0.05) is 12.1 Å². The highest BCUT2D eigenvalue weighted by molar-refractivity contribution is 6.60. The number of fused-ring (bicyclic) bond motifs is 1. The molecule has 0 aliphatic rings. The molecule has 1 heterocycles. The van der Waals surface area contributed by atoms with Gasteiger partial charge in [-0.3, -0.25) is 5.10 Å². The second-order valence-corrected chi connectivity index (χ2v) is 2.80.